The largest absolute Gasteiger partial charge is 0.322 e. The Hall–Kier alpha value is -2.54. The smallest absolute Gasteiger partial charge is 0.288 e. The van der Waals surface area contributed by atoms with E-state index in [2.05, 4.69) is 10.3 Å². The van der Waals surface area contributed by atoms with E-state index in [1.807, 2.05) is 0 Å². The van der Waals surface area contributed by atoms with Crippen LogP contribution in [0, 0.1) is 22.9 Å². The molecule has 1 heterocycles. The predicted octanol–water partition coefficient (Wildman–Crippen LogP) is 3.34. The number of amides is 1. The average molecular weight is 310 g/mol. The van der Waals surface area contributed by atoms with Crippen LogP contribution in [0.25, 0.3) is 0 Å². The summed E-state index contributed by atoms with van der Waals surface area (Å²) in [6.07, 6.45) is 0.951. The normalized spacial score (nSPS) is 10.2. The molecular formula is C13H9ClFN3O3. The van der Waals surface area contributed by atoms with Gasteiger partial charge in [0, 0.05) is 17.3 Å². The molecule has 0 unspecified atom stereocenters. The van der Waals surface area contributed by atoms with E-state index in [0.29, 0.717) is 0 Å². The average Bonchev–Trinajstić information content (AvgIpc) is 2.44. The Kier molecular flexibility index (Phi) is 4.13. The lowest BCUT2D eigenvalue weighted by molar-refractivity contribution is -0.385. The number of nitrogens with one attached hydrogen (secondary N) is 1. The van der Waals surface area contributed by atoms with E-state index in [9.17, 15) is 19.3 Å². The lowest BCUT2D eigenvalue weighted by atomic mass is 10.1. The Morgan fingerprint density at radius 2 is 2.19 bits per heavy atom. The fraction of sp³-hybridized carbons (Fsp3) is 0.0769. The SMILES string of the molecule is Cc1c(F)cccc1NC(=O)c1cc([N+](=O)[O-])cnc1Cl. The molecular weight excluding hydrogens is 301 g/mol. The first kappa shape index (κ1) is 14.9. The Labute approximate surface area is 123 Å². The molecule has 108 valence electrons. The molecule has 0 fully saturated rings. The number of aromatic nitrogens is 1. The second-order valence-corrected chi connectivity index (χ2v) is 4.51. The minimum Gasteiger partial charge on any atom is -0.322 e. The fourth-order valence-electron chi connectivity index (χ4n) is 1.63. The van der Waals surface area contributed by atoms with Crippen molar-refractivity contribution in [1.29, 1.82) is 0 Å². The van der Waals surface area contributed by atoms with Crippen molar-refractivity contribution in [3.63, 3.8) is 0 Å². The molecule has 0 radical (unpaired) electrons. The molecule has 2 aromatic rings. The van der Waals surface area contributed by atoms with Gasteiger partial charge in [-0.15, -0.1) is 0 Å². The Morgan fingerprint density at radius 3 is 2.86 bits per heavy atom. The molecule has 1 N–H and O–H groups in total. The molecule has 1 amide bonds. The van der Waals surface area contributed by atoms with Gasteiger partial charge in [0.05, 0.1) is 10.5 Å². The monoisotopic (exact) mass is 309 g/mol. The first-order valence-electron chi connectivity index (χ1n) is 5.76. The minimum absolute atomic E-state index is 0.158. The molecule has 0 aliphatic rings. The summed E-state index contributed by atoms with van der Waals surface area (Å²) in [5.41, 5.74) is -0.0158. The summed E-state index contributed by atoms with van der Waals surface area (Å²) in [7, 11) is 0. The highest BCUT2D eigenvalue weighted by Crippen LogP contribution is 2.22. The Balaban J connectivity index is 2.34. The highest BCUT2D eigenvalue weighted by Gasteiger charge is 2.18. The summed E-state index contributed by atoms with van der Waals surface area (Å²) in [5.74, 6) is -1.18. The van der Waals surface area contributed by atoms with Crippen LogP contribution in [0.1, 0.15) is 15.9 Å². The van der Waals surface area contributed by atoms with Gasteiger partial charge in [0.15, 0.2) is 0 Å². The quantitative estimate of drug-likeness (QED) is 0.535. The second-order valence-electron chi connectivity index (χ2n) is 4.16. The van der Waals surface area contributed by atoms with Crippen molar-refractivity contribution in [2.24, 2.45) is 0 Å². The molecule has 8 heteroatoms. The van der Waals surface area contributed by atoms with Gasteiger partial charge < -0.3 is 5.32 Å². The van der Waals surface area contributed by atoms with Crippen molar-refractivity contribution < 1.29 is 14.1 Å². The third-order valence-electron chi connectivity index (χ3n) is 2.80. The summed E-state index contributed by atoms with van der Waals surface area (Å²) >= 11 is 5.76. The van der Waals surface area contributed by atoms with Gasteiger partial charge in [-0.3, -0.25) is 14.9 Å². The van der Waals surface area contributed by atoms with Gasteiger partial charge in [0.1, 0.15) is 17.2 Å². The number of rotatable bonds is 3. The predicted molar refractivity (Wildman–Crippen MR) is 75.0 cm³/mol. The number of benzene rings is 1. The van der Waals surface area contributed by atoms with Crippen LogP contribution in [-0.4, -0.2) is 15.8 Å². The van der Waals surface area contributed by atoms with Gasteiger partial charge in [-0.05, 0) is 19.1 Å². The highest BCUT2D eigenvalue weighted by atomic mass is 35.5. The third-order valence-corrected chi connectivity index (χ3v) is 3.10. The number of pyridine rings is 1. The number of anilines is 1. The standard InChI is InChI=1S/C13H9ClFN3O3/c1-7-10(15)3-2-4-11(7)17-13(19)9-5-8(18(20)21)6-16-12(9)14/h2-6H,1H3,(H,17,19). The molecule has 0 saturated heterocycles. The van der Waals surface area contributed by atoms with Crippen molar-refractivity contribution in [2.45, 2.75) is 6.92 Å². The summed E-state index contributed by atoms with van der Waals surface area (Å²) in [6, 6.07) is 5.21. The van der Waals surface area contributed by atoms with Crippen LogP contribution in [0.2, 0.25) is 5.15 Å². The molecule has 0 spiro atoms. The van der Waals surface area contributed by atoms with Gasteiger partial charge in [0.25, 0.3) is 11.6 Å². The first-order chi connectivity index (χ1) is 9.90. The first-order valence-corrected chi connectivity index (χ1v) is 6.14. The van der Waals surface area contributed by atoms with Crippen LogP contribution in [0.15, 0.2) is 30.5 Å². The van der Waals surface area contributed by atoms with E-state index in [0.717, 1.165) is 12.3 Å². The second kappa shape index (κ2) is 5.84. The number of hydrogen-bond donors (Lipinski definition) is 1. The van der Waals surface area contributed by atoms with Gasteiger partial charge in [-0.2, -0.15) is 0 Å². The van der Waals surface area contributed by atoms with Gasteiger partial charge in [-0.25, -0.2) is 9.37 Å². The topological polar surface area (TPSA) is 85.1 Å². The molecule has 21 heavy (non-hydrogen) atoms. The van der Waals surface area contributed by atoms with Gasteiger partial charge in [0.2, 0.25) is 0 Å². The maximum Gasteiger partial charge on any atom is 0.288 e. The van der Waals surface area contributed by atoms with Crippen molar-refractivity contribution in [1.82, 2.24) is 4.98 Å². The lowest BCUT2D eigenvalue weighted by Gasteiger charge is -2.09. The highest BCUT2D eigenvalue weighted by molar-refractivity contribution is 6.33. The molecule has 0 saturated carbocycles. The molecule has 0 bridgehead atoms. The molecule has 0 aliphatic carbocycles. The number of carbonyl (C=O) groups is 1. The molecule has 0 atom stereocenters. The summed E-state index contributed by atoms with van der Waals surface area (Å²) < 4.78 is 13.4. The number of halogens is 2. The van der Waals surface area contributed by atoms with Crippen molar-refractivity contribution in [3.8, 4) is 0 Å². The minimum atomic E-state index is -0.704. The van der Waals surface area contributed by atoms with Crippen molar-refractivity contribution in [3.05, 3.63) is 62.7 Å². The Bertz CT molecular complexity index is 737. The lowest BCUT2D eigenvalue weighted by Crippen LogP contribution is -2.14. The molecule has 2 rings (SSSR count). The van der Waals surface area contributed by atoms with Crippen LogP contribution in [-0.2, 0) is 0 Å². The molecule has 0 aliphatic heterocycles. The zero-order valence-electron chi connectivity index (χ0n) is 10.8. The maximum absolute atomic E-state index is 13.4. The number of nitrogens with zero attached hydrogens (tertiary/aromatic N) is 2. The van der Waals surface area contributed by atoms with E-state index in [4.69, 9.17) is 11.6 Å². The van der Waals surface area contributed by atoms with E-state index < -0.39 is 16.6 Å². The zero-order chi connectivity index (χ0) is 15.6. The van der Waals surface area contributed by atoms with E-state index in [-0.39, 0.29) is 27.7 Å². The van der Waals surface area contributed by atoms with Crippen LogP contribution in [0.5, 0.6) is 0 Å². The van der Waals surface area contributed by atoms with Crippen LogP contribution in [0.3, 0.4) is 0 Å². The Morgan fingerprint density at radius 1 is 1.48 bits per heavy atom. The van der Waals surface area contributed by atoms with Crippen LogP contribution < -0.4 is 5.32 Å². The molecule has 6 nitrogen and oxygen atoms in total. The third kappa shape index (κ3) is 3.14. The van der Waals surface area contributed by atoms with E-state index in [1.54, 1.807) is 0 Å². The zero-order valence-corrected chi connectivity index (χ0v) is 11.5. The fourth-order valence-corrected chi connectivity index (χ4v) is 1.82. The van der Waals surface area contributed by atoms with Crippen LogP contribution in [0.4, 0.5) is 15.8 Å². The number of carbonyl (C=O) groups excluding carboxylic acids is 1. The van der Waals surface area contributed by atoms with Crippen LogP contribution >= 0.6 is 11.6 Å². The summed E-state index contributed by atoms with van der Waals surface area (Å²) in [5, 5.41) is 13.0. The summed E-state index contributed by atoms with van der Waals surface area (Å²) in [4.78, 5) is 25.7. The van der Waals surface area contributed by atoms with Gasteiger partial charge in [-0.1, -0.05) is 17.7 Å². The summed E-state index contributed by atoms with van der Waals surface area (Å²) in [6.45, 7) is 1.50. The maximum atomic E-state index is 13.4. The van der Waals surface area contributed by atoms with Gasteiger partial charge >= 0.3 is 0 Å². The van der Waals surface area contributed by atoms with Crippen molar-refractivity contribution in [2.75, 3.05) is 5.32 Å². The number of nitro groups is 1. The van der Waals surface area contributed by atoms with E-state index in [1.165, 1.54) is 25.1 Å². The number of hydrogen-bond acceptors (Lipinski definition) is 4. The van der Waals surface area contributed by atoms with E-state index >= 15 is 0 Å². The van der Waals surface area contributed by atoms with Crippen molar-refractivity contribution >= 4 is 28.9 Å². The molecule has 1 aromatic carbocycles. The molecule has 1 aromatic heterocycles.